The molecule has 3 N–H and O–H groups in total. The fraction of sp³-hybridized carbons (Fsp3) is 0.235. The Kier molecular flexibility index (Phi) is 9.43. The summed E-state index contributed by atoms with van der Waals surface area (Å²) in [5.74, 6) is 0.598. The van der Waals surface area contributed by atoms with Crippen molar-refractivity contribution < 1.29 is 19.4 Å². The average Bonchev–Trinajstić information content (AvgIpc) is 3.61. The number of ether oxygens (including phenoxy) is 2. The second-order valence-electron chi connectivity index (χ2n) is 10.7. The van der Waals surface area contributed by atoms with Crippen LogP contribution in [0.2, 0.25) is 0 Å². The minimum absolute atomic E-state index is 0.00116. The molecule has 9 nitrogen and oxygen atoms in total. The van der Waals surface area contributed by atoms with Crippen LogP contribution in [0.25, 0.3) is 11.1 Å². The van der Waals surface area contributed by atoms with Gasteiger partial charge in [-0.15, -0.1) is 0 Å². The topological polar surface area (TPSA) is 122 Å². The Balaban J connectivity index is 1.17. The molecule has 224 valence electrons. The van der Waals surface area contributed by atoms with Crippen molar-refractivity contribution in [3.8, 4) is 11.1 Å². The Hall–Kier alpha value is -4.35. The predicted molar refractivity (Wildman–Crippen MR) is 167 cm³/mol. The highest BCUT2D eigenvalue weighted by atomic mass is 32.2. The summed E-state index contributed by atoms with van der Waals surface area (Å²) in [7, 11) is 0. The van der Waals surface area contributed by atoms with Crippen molar-refractivity contribution in [3.05, 3.63) is 131 Å². The number of rotatable bonds is 10. The fourth-order valence-electron chi connectivity index (χ4n) is 5.21. The standard InChI is InChI=1S/C34H33N5O4S/c1-22-30(20-44-34-37-21-38-39-34)42-33(43-31(22)26-9-7-23(19-40)8-10-26)27-13-11-25(12-14-27)28-5-2-4-24(16-28)17-36-32(41)29-6-3-15-35-18-29/h2-16,18,21-22,30-31,33,40H,17,19-20H2,1H3,(H,36,41)(H,37,38,39). The molecule has 5 aromatic rings. The Morgan fingerprint density at radius 2 is 1.77 bits per heavy atom. The van der Waals surface area contributed by atoms with Gasteiger partial charge < -0.3 is 19.9 Å². The Morgan fingerprint density at radius 1 is 0.955 bits per heavy atom. The van der Waals surface area contributed by atoms with Gasteiger partial charge in [0.25, 0.3) is 5.91 Å². The second kappa shape index (κ2) is 14.0. The number of nitrogens with zero attached hydrogens (tertiary/aromatic N) is 3. The van der Waals surface area contributed by atoms with E-state index in [9.17, 15) is 9.90 Å². The molecule has 0 bridgehead atoms. The van der Waals surface area contributed by atoms with Crippen LogP contribution in [0.15, 0.2) is 109 Å². The first-order chi connectivity index (χ1) is 21.6. The van der Waals surface area contributed by atoms with Crippen LogP contribution in [0.1, 0.15) is 51.9 Å². The van der Waals surface area contributed by atoms with Crippen molar-refractivity contribution in [1.29, 1.82) is 0 Å². The lowest BCUT2D eigenvalue weighted by Gasteiger charge is -2.41. The van der Waals surface area contributed by atoms with Gasteiger partial charge in [-0.05, 0) is 46.0 Å². The molecule has 0 aliphatic carbocycles. The van der Waals surface area contributed by atoms with Crippen molar-refractivity contribution in [3.63, 3.8) is 0 Å². The first kappa shape index (κ1) is 29.7. The molecule has 3 heterocycles. The highest BCUT2D eigenvalue weighted by Crippen LogP contribution is 2.43. The van der Waals surface area contributed by atoms with E-state index in [0.29, 0.717) is 17.9 Å². The van der Waals surface area contributed by atoms with Crippen molar-refractivity contribution in [1.82, 2.24) is 25.5 Å². The number of hydrogen-bond donors (Lipinski definition) is 3. The van der Waals surface area contributed by atoms with E-state index in [1.807, 2.05) is 48.5 Å². The van der Waals surface area contributed by atoms with Crippen LogP contribution < -0.4 is 5.32 Å². The lowest BCUT2D eigenvalue weighted by molar-refractivity contribution is -0.268. The predicted octanol–water partition coefficient (Wildman–Crippen LogP) is 5.87. The maximum Gasteiger partial charge on any atom is 0.253 e. The molecular formula is C34H33N5O4S. The lowest BCUT2D eigenvalue weighted by Crippen LogP contribution is -2.38. The van der Waals surface area contributed by atoms with E-state index < -0.39 is 6.29 Å². The summed E-state index contributed by atoms with van der Waals surface area (Å²) in [5, 5.41) is 20.1. The number of H-pyrrole nitrogens is 1. The maximum atomic E-state index is 12.5. The Bertz CT molecular complexity index is 1650. The van der Waals surface area contributed by atoms with Crippen LogP contribution in [-0.2, 0) is 22.6 Å². The van der Waals surface area contributed by atoms with Gasteiger partial charge in [0.2, 0.25) is 0 Å². The van der Waals surface area contributed by atoms with Gasteiger partial charge in [0.15, 0.2) is 11.4 Å². The number of benzene rings is 3. The molecule has 0 spiro atoms. The van der Waals surface area contributed by atoms with Crippen molar-refractivity contribution in [2.75, 3.05) is 5.75 Å². The van der Waals surface area contributed by atoms with Crippen LogP contribution in [0.4, 0.5) is 0 Å². The maximum absolute atomic E-state index is 12.5. The molecule has 4 unspecified atom stereocenters. The monoisotopic (exact) mass is 607 g/mol. The Labute approximate surface area is 260 Å². The normalized spacial score (nSPS) is 19.9. The van der Waals surface area contributed by atoms with Crippen molar-refractivity contribution >= 4 is 17.7 Å². The number of thioether (sulfide) groups is 1. The molecule has 1 saturated heterocycles. The highest BCUT2D eigenvalue weighted by molar-refractivity contribution is 7.99. The number of aliphatic hydroxyl groups is 1. The average molecular weight is 608 g/mol. The molecule has 1 amide bonds. The van der Waals surface area contributed by atoms with Crippen LogP contribution in [-0.4, -0.2) is 43.0 Å². The molecule has 44 heavy (non-hydrogen) atoms. The molecule has 1 aliphatic rings. The zero-order valence-corrected chi connectivity index (χ0v) is 25.0. The van der Waals surface area contributed by atoms with Gasteiger partial charge in [0.05, 0.1) is 24.4 Å². The molecular weight excluding hydrogens is 574 g/mol. The van der Waals surface area contributed by atoms with Gasteiger partial charge in [0, 0.05) is 36.2 Å². The van der Waals surface area contributed by atoms with Crippen molar-refractivity contribution in [2.24, 2.45) is 5.92 Å². The number of amides is 1. The minimum atomic E-state index is -0.558. The molecule has 0 radical (unpaired) electrons. The molecule has 1 fully saturated rings. The largest absolute Gasteiger partial charge is 0.392 e. The number of carbonyl (C=O) groups is 1. The third-order valence-electron chi connectivity index (χ3n) is 7.72. The number of aromatic amines is 1. The van der Waals surface area contributed by atoms with Crippen LogP contribution in [0.3, 0.4) is 0 Å². The van der Waals surface area contributed by atoms with E-state index in [4.69, 9.17) is 9.47 Å². The number of aromatic nitrogens is 4. The first-order valence-electron chi connectivity index (χ1n) is 14.4. The zero-order chi connectivity index (χ0) is 30.3. The second-order valence-corrected chi connectivity index (χ2v) is 11.7. The molecule has 6 rings (SSSR count). The highest BCUT2D eigenvalue weighted by Gasteiger charge is 2.38. The van der Waals surface area contributed by atoms with E-state index in [-0.39, 0.29) is 30.6 Å². The SMILES string of the molecule is CC1C(CSc2ncn[nH]2)OC(c2ccc(-c3cccc(CNC(=O)c4cccnc4)c3)cc2)OC1c1ccc(CO)cc1. The van der Waals surface area contributed by atoms with E-state index in [1.165, 1.54) is 6.33 Å². The van der Waals surface area contributed by atoms with E-state index in [0.717, 1.165) is 38.5 Å². The van der Waals surface area contributed by atoms with Gasteiger partial charge in [-0.25, -0.2) is 4.98 Å². The van der Waals surface area contributed by atoms with Gasteiger partial charge in [-0.2, -0.15) is 5.10 Å². The number of carbonyl (C=O) groups excluding carboxylic acids is 1. The van der Waals surface area contributed by atoms with Crippen LogP contribution in [0, 0.1) is 5.92 Å². The summed E-state index contributed by atoms with van der Waals surface area (Å²) >= 11 is 1.57. The summed E-state index contributed by atoms with van der Waals surface area (Å²) < 4.78 is 13.1. The third-order valence-corrected chi connectivity index (χ3v) is 8.69. The number of aliphatic hydroxyl groups excluding tert-OH is 1. The summed E-state index contributed by atoms with van der Waals surface area (Å²) in [4.78, 5) is 20.7. The first-order valence-corrected chi connectivity index (χ1v) is 15.4. The third kappa shape index (κ3) is 7.06. The molecule has 0 saturated carbocycles. The Morgan fingerprint density at radius 3 is 2.50 bits per heavy atom. The summed E-state index contributed by atoms with van der Waals surface area (Å²) in [6.07, 6.45) is 3.84. The molecule has 2 aromatic heterocycles. The van der Waals surface area contributed by atoms with Gasteiger partial charge in [0.1, 0.15) is 6.33 Å². The fourth-order valence-corrected chi connectivity index (χ4v) is 6.15. The van der Waals surface area contributed by atoms with Gasteiger partial charge in [-0.3, -0.25) is 14.9 Å². The number of hydrogen-bond acceptors (Lipinski definition) is 8. The van der Waals surface area contributed by atoms with Gasteiger partial charge in [-0.1, -0.05) is 85.4 Å². The smallest absolute Gasteiger partial charge is 0.253 e. The van der Waals surface area contributed by atoms with Gasteiger partial charge >= 0.3 is 0 Å². The van der Waals surface area contributed by atoms with E-state index in [1.54, 1.807) is 36.3 Å². The molecule has 3 aromatic carbocycles. The lowest BCUT2D eigenvalue weighted by atomic mass is 9.91. The molecule has 4 atom stereocenters. The zero-order valence-electron chi connectivity index (χ0n) is 24.2. The summed E-state index contributed by atoms with van der Waals surface area (Å²) in [5.41, 5.74) is 6.45. The summed E-state index contributed by atoms with van der Waals surface area (Å²) in [6.45, 7) is 2.55. The van der Waals surface area contributed by atoms with Crippen LogP contribution >= 0.6 is 11.8 Å². The van der Waals surface area contributed by atoms with Crippen LogP contribution in [0.5, 0.6) is 0 Å². The number of pyridine rings is 1. The quantitative estimate of drug-likeness (QED) is 0.169. The van der Waals surface area contributed by atoms with E-state index in [2.05, 4.69) is 56.7 Å². The summed E-state index contributed by atoms with van der Waals surface area (Å²) in [6, 6.07) is 27.7. The minimum Gasteiger partial charge on any atom is -0.392 e. The molecule has 10 heteroatoms. The van der Waals surface area contributed by atoms with Crippen molar-refractivity contribution in [2.45, 2.75) is 43.7 Å². The molecule has 1 aliphatic heterocycles. The number of nitrogens with one attached hydrogen (secondary N) is 2. The van der Waals surface area contributed by atoms with E-state index >= 15 is 0 Å².